The van der Waals surface area contributed by atoms with Gasteiger partial charge >= 0.3 is 0 Å². The van der Waals surface area contributed by atoms with Crippen LogP contribution in [-0.4, -0.2) is 21.0 Å². The molecular weight excluding hydrogens is 450 g/mol. The Morgan fingerprint density at radius 3 is 1.71 bits per heavy atom. The van der Waals surface area contributed by atoms with E-state index in [0.29, 0.717) is 11.3 Å². The zero-order valence-electron chi connectivity index (χ0n) is 14.4. The summed E-state index contributed by atoms with van der Waals surface area (Å²) in [6.07, 6.45) is 0. The minimum Gasteiger partial charge on any atom is -0.456 e. The number of ether oxygens (including phenoxy) is 1. The molecule has 0 N–H and O–H groups in total. The van der Waals surface area contributed by atoms with Gasteiger partial charge in [0.15, 0.2) is 0 Å². The van der Waals surface area contributed by atoms with Gasteiger partial charge < -0.3 is 4.74 Å². The van der Waals surface area contributed by atoms with Crippen LogP contribution in [-0.2, 0) is 5.41 Å². The minimum atomic E-state index is -1.21. The molecule has 1 aliphatic heterocycles. The summed E-state index contributed by atoms with van der Waals surface area (Å²) < 4.78 is 5.84. The summed E-state index contributed by atoms with van der Waals surface area (Å²) in [5.74, 6) is 0.212. The van der Waals surface area contributed by atoms with Crippen molar-refractivity contribution in [1.82, 2.24) is 0 Å². The van der Waals surface area contributed by atoms with Gasteiger partial charge in [-0.2, -0.15) is 0 Å². The number of hydrogen-bond acceptors (Lipinski definition) is 5. The Kier molecular flexibility index (Phi) is 5.32. The molecule has 144 valence electrons. The van der Waals surface area contributed by atoms with E-state index in [9.17, 15) is 19.2 Å². The van der Waals surface area contributed by atoms with E-state index in [4.69, 9.17) is 51.1 Å². The summed E-state index contributed by atoms with van der Waals surface area (Å²) in [5.41, 5.74) is -2.21. The van der Waals surface area contributed by atoms with Crippen molar-refractivity contribution in [3.05, 3.63) is 57.6 Å². The van der Waals surface area contributed by atoms with Gasteiger partial charge in [0.1, 0.15) is 11.5 Å². The van der Waals surface area contributed by atoms with E-state index in [1.807, 2.05) is 0 Å². The molecule has 1 heterocycles. The number of hydrogen-bond donors (Lipinski definition) is 0. The first-order chi connectivity index (χ1) is 13.0. The highest BCUT2D eigenvalue weighted by molar-refractivity contribution is 6.76. The van der Waals surface area contributed by atoms with E-state index in [1.54, 1.807) is 38.1 Å². The molecule has 0 spiro atoms. The molecular formula is C19H10Cl4O5. The molecule has 0 bridgehead atoms. The smallest absolute Gasteiger partial charge is 0.256 e. The number of carbonyl (C=O) groups excluding carboxylic acids is 4. The maximum atomic E-state index is 12.3. The van der Waals surface area contributed by atoms with E-state index < -0.39 is 43.1 Å². The topological polar surface area (TPSA) is 77.5 Å². The summed E-state index contributed by atoms with van der Waals surface area (Å²) in [4.78, 5) is 48.8. The first-order valence-corrected chi connectivity index (χ1v) is 9.32. The van der Waals surface area contributed by atoms with E-state index in [1.165, 1.54) is 0 Å². The molecule has 5 nitrogen and oxygen atoms in total. The monoisotopic (exact) mass is 458 g/mol. The third-order valence-electron chi connectivity index (χ3n) is 4.64. The van der Waals surface area contributed by atoms with Gasteiger partial charge in [0.25, 0.3) is 21.0 Å². The zero-order chi connectivity index (χ0) is 21.0. The van der Waals surface area contributed by atoms with E-state index in [2.05, 4.69) is 0 Å². The van der Waals surface area contributed by atoms with Gasteiger partial charge in [0.05, 0.1) is 22.3 Å². The second-order valence-electron chi connectivity index (χ2n) is 6.52. The highest BCUT2D eigenvalue weighted by Gasteiger charge is 2.44. The molecule has 1 aliphatic rings. The summed E-state index contributed by atoms with van der Waals surface area (Å²) in [6, 6.07) is 6.87. The Hall–Kier alpha value is -1.92. The van der Waals surface area contributed by atoms with Crippen LogP contribution in [0, 0.1) is 0 Å². The Morgan fingerprint density at radius 1 is 0.750 bits per heavy atom. The van der Waals surface area contributed by atoms with Crippen molar-refractivity contribution in [1.29, 1.82) is 0 Å². The quantitative estimate of drug-likeness (QED) is 0.553. The summed E-state index contributed by atoms with van der Waals surface area (Å²) in [7, 11) is 0. The molecule has 0 unspecified atom stereocenters. The van der Waals surface area contributed by atoms with Crippen LogP contribution in [0.5, 0.6) is 11.5 Å². The van der Waals surface area contributed by atoms with Crippen LogP contribution in [0.1, 0.15) is 66.4 Å². The normalized spacial score (nSPS) is 13.8. The molecule has 0 atom stereocenters. The molecule has 0 amide bonds. The van der Waals surface area contributed by atoms with E-state index >= 15 is 0 Å². The molecule has 0 aromatic heterocycles. The van der Waals surface area contributed by atoms with Gasteiger partial charge in [-0.1, -0.05) is 32.0 Å². The fraction of sp³-hybridized carbons (Fsp3) is 0.158. The molecule has 0 saturated carbocycles. The predicted octanol–water partition coefficient (Wildman–Crippen LogP) is 5.63. The maximum absolute atomic E-state index is 12.3. The lowest BCUT2D eigenvalue weighted by atomic mass is 9.71. The second-order valence-corrected chi connectivity index (χ2v) is 7.90. The number of halogens is 4. The molecule has 0 radical (unpaired) electrons. The first-order valence-electron chi connectivity index (χ1n) is 7.81. The van der Waals surface area contributed by atoms with Crippen molar-refractivity contribution in [3.8, 4) is 11.5 Å². The molecule has 9 heteroatoms. The Bertz CT molecular complexity index is 1090. The predicted molar refractivity (Wildman–Crippen MR) is 106 cm³/mol. The van der Waals surface area contributed by atoms with Crippen LogP contribution in [0.15, 0.2) is 24.3 Å². The van der Waals surface area contributed by atoms with Gasteiger partial charge in [-0.3, -0.25) is 19.2 Å². The minimum absolute atomic E-state index is 0.112. The van der Waals surface area contributed by atoms with Crippen molar-refractivity contribution in [2.45, 2.75) is 19.3 Å². The molecule has 28 heavy (non-hydrogen) atoms. The highest BCUT2D eigenvalue weighted by Crippen LogP contribution is 2.53. The van der Waals surface area contributed by atoms with Gasteiger partial charge in [-0.15, -0.1) is 0 Å². The lowest BCUT2D eigenvalue weighted by molar-refractivity contribution is 0.102. The Labute approximate surface area is 179 Å². The average Bonchev–Trinajstić information content (AvgIpc) is 2.59. The van der Waals surface area contributed by atoms with Gasteiger partial charge in [-0.05, 0) is 52.5 Å². The van der Waals surface area contributed by atoms with Crippen molar-refractivity contribution in [2.24, 2.45) is 0 Å². The average molecular weight is 460 g/mol. The van der Waals surface area contributed by atoms with Crippen LogP contribution in [0.4, 0.5) is 0 Å². The van der Waals surface area contributed by atoms with Crippen LogP contribution < -0.4 is 4.74 Å². The number of para-hydroxylation sites is 1. The molecule has 3 rings (SSSR count). The SMILES string of the molecule is CC1(C)c2ccccc2Oc2c(C(=O)Cl)c(C(=O)Cl)c(C(=O)Cl)c(C(=O)Cl)c21. The number of rotatable bonds is 4. The first kappa shape index (κ1) is 20.8. The molecule has 0 saturated heterocycles. The second kappa shape index (κ2) is 7.16. The highest BCUT2D eigenvalue weighted by atomic mass is 35.5. The Balaban J connectivity index is 2.64. The van der Waals surface area contributed by atoms with Crippen LogP contribution in [0.25, 0.3) is 0 Å². The number of benzene rings is 2. The molecule has 0 aliphatic carbocycles. The van der Waals surface area contributed by atoms with Crippen molar-refractivity contribution < 1.29 is 23.9 Å². The van der Waals surface area contributed by atoms with E-state index in [0.717, 1.165) is 0 Å². The van der Waals surface area contributed by atoms with Crippen molar-refractivity contribution in [3.63, 3.8) is 0 Å². The van der Waals surface area contributed by atoms with Gasteiger partial charge in [0, 0.05) is 16.5 Å². The fourth-order valence-electron chi connectivity index (χ4n) is 3.52. The number of fused-ring (bicyclic) bond motifs is 2. The lowest BCUT2D eigenvalue weighted by Crippen LogP contribution is -2.30. The van der Waals surface area contributed by atoms with Crippen molar-refractivity contribution in [2.75, 3.05) is 0 Å². The van der Waals surface area contributed by atoms with Crippen LogP contribution in [0.2, 0.25) is 0 Å². The summed E-state index contributed by atoms with van der Waals surface area (Å²) in [6.45, 7) is 3.48. The third-order valence-corrected chi connectivity index (χ3v) is 5.39. The molecule has 0 fully saturated rings. The number of carbonyl (C=O) groups is 4. The molecule has 2 aromatic rings. The largest absolute Gasteiger partial charge is 0.456 e. The fourth-order valence-corrected chi connectivity index (χ4v) is 4.27. The maximum Gasteiger partial charge on any atom is 0.256 e. The summed E-state index contributed by atoms with van der Waals surface area (Å²) >= 11 is 22.8. The standard InChI is InChI=1S/C19H10Cl4O5/c1-19(2)7-5-3-4-6-8(7)28-14-12(18(23)27)10(16(21)25)9(15(20)24)11(13(14)19)17(22)26/h3-6H,1-2H3. The van der Waals surface area contributed by atoms with Gasteiger partial charge in [0.2, 0.25) is 0 Å². The Morgan fingerprint density at radius 2 is 1.21 bits per heavy atom. The third kappa shape index (κ3) is 3.03. The zero-order valence-corrected chi connectivity index (χ0v) is 17.4. The van der Waals surface area contributed by atoms with Gasteiger partial charge in [-0.25, -0.2) is 0 Å². The van der Waals surface area contributed by atoms with Crippen LogP contribution >= 0.6 is 46.4 Å². The van der Waals surface area contributed by atoms with Crippen molar-refractivity contribution >= 4 is 67.4 Å². The lowest BCUT2D eigenvalue weighted by Gasteiger charge is -2.37. The molecule has 2 aromatic carbocycles. The van der Waals surface area contributed by atoms with Crippen LogP contribution in [0.3, 0.4) is 0 Å². The van der Waals surface area contributed by atoms with E-state index in [-0.39, 0.29) is 16.9 Å². The summed E-state index contributed by atoms with van der Waals surface area (Å²) in [5, 5.41) is -4.58.